The van der Waals surface area contributed by atoms with Gasteiger partial charge in [0.2, 0.25) is 0 Å². The van der Waals surface area contributed by atoms with Crippen molar-refractivity contribution in [1.82, 2.24) is 0 Å². The molecule has 0 atom stereocenters. The van der Waals surface area contributed by atoms with Gasteiger partial charge in [0, 0.05) is 4.90 Å². The van der Waals surface area contributed by atoms with Crippen LogP contribution in [0.15, 0.2) is 47.4 Å². The predicted molar refractivity (Wildman–Crippen MR) is 125 cm³/mol. The van der Waals surface area contributed by atoms with Crippen LogP contribution in [0, 0.1) is 0 Å². The monoisotopic (exact) mass is 384 g/mol. The first-order valence-electron chi connectivity index (χ1n) is 11.5. The van der Waals surface area contributed by atoms with Crippen molar-refractivity contribution < 1.29 is 0 Å². The summed E-state index contributed by atoms with van der Waals surface area (Å²) in [4.78, 5) is 1.42. The zero-order valence-electron chi connectivity index (χ0n) is 17.6. The smallest absolute Gasteiger partial charge is 0.00783 e. The fraction of sp³-hybridized carbons (Fsp3) is 0.615. The second-order valence-corrected chi connectivity index (χ2v) is 9.12. The van der Waals surface area contributed by atoms with Gasteiger partial charge >= 0.3 is 0 Å². The molecule has 150 valence electrons. The maximum atomic E-state index is 2.34. The summed E-state index contributed by atoms with van der Waals surface area (Å²) in [5, 5.41) is 2.71. The Morgan fingerprint density at radius 3 is 1.67 bits per heavy atom. The van der Waals surface area contributed by atoms with Crippen LogP contribution in [0.4, 0.5) is 0 Å². The van der Waals surface area contributed by atoms with Crippen molar-refractivity contribution in [2.75, 3.05) is 5.75 Å². The molecule has 2 aromatic rings. The number of hydrogen-bond acceptors (Lipinski definition) is 1. The summed E-state index contributed by atoms with van der Waals surface area (Å²) in [5.74, 6) is 1.26. The lowest BCUT2D eigenvalue weighted by atomic mass is 10.0. The van der Waals surface area contributed by atoms with Crippen LogP contribution >= 0.6 is 11.8 Å². The topological polar surface area (TPSA) is 0 Å². The molecule has 0 bridgehead atoms. The number of hydrogen-bond donors (Lipinski definition) is 0. The lowest BCUT2D eigenvalue weighted by molar-refractivity contribution is 0.538. The van der Waals surface area contributed by atoms with Crippen LogP contribution < -0.4 is 0 Å². The highest BCUT2D eigenvalue weighted by Crippen LogP contribution is 2.24. The fourth-order valence-corrected chi connectivity index (χ4v) is 4.70. The van der Waals surface area contributed by atoms with E-state index in [0.29, 0.717) is 0 Å². The summed E-state index contributed by atoms with van der Waals surface area (Å²) in [5.41, 5.74) is 0. The average Bonchev–Trinajstić information content (AvgIpc) is 2.71. The van der Waals surface area contributed by atoms with Crippen LogP contribution in [0.1, 0.15) is 96.8 Å². The molecule has 0 aliphatic carbocycles. The van der Waals surface area contributed by atoms with Crippen LogP contribution in [-0.4, -0.2) is 5.75 Å². The van der Waals surface area contributed by atoms with Crippen molar-refractivity contribution in [1.29, 1.82) is 0 Å². The third kappa shape index (κ3) is 10.2. The third-order valence-electron chi connectivity index (χ3n) is 5.49. The molecule has 0 heterocycles. The Morgan fingerprint density at radius 2 is 1.07 bits per heavy atom. The quantitative estimate of drug-likeness (QED) is 0.205. The highest BCUT2D eigenvalue weighted by Gasteiger charge is 1.98. The number of benzene rings is 2. The van der Waals surface area contributed by atoms with E-state index in [1.165, 1.54) is 111 Å². The minimum absolute atomic E-state index is 1.26. The van der Waals surface area contributed by atoms with Crippen LogP contribution in [0.3, 0.4) is 0 Å². The lowest BCUT2D eigenvalue weighted by Gasteiger charge is -2.05. The molecule has 27 heavy (non-hydrogen) atoms. The Balaban J connectivity index is 1.37. The van der Waals surface area contributed by atoms with E-state index >= 15 is 0 Å². The summed E-state index contributed by atoms with van der Waals surface area (Å²) in [6, 6.07) is 15.5. The molecule has 0 amide bonds. The van der Waals surface area contributed by atoms with Gasteiger partial charge in [0.15, 0.2) is 0 Å². The highest BCUT2D eigenvalue weighted by atomic mass is 32.2. The minimum atomic E-state index is 1.26. The minimum Gasteiger partial charge on any atom is -0.126 e. The van der Waals surface area contributed by atoms with Crippen molar-refractivity contribution in [3.8, 4) is 0 Å². The third-order valence-corrected chi connectivity index (χ3v) is 6.57. The van der Waals surface area contributed by atoms with E-state index in [1.54, 1.807) is 0 Å². The van der Waals surface area contributed by atoms with Gasteiger partial charge in [0.05, 0.1) is 0 Å². The normalized spacial score (nSPS) is 11.3. The molecule has 0 aliphatic heterocycles. The van der Waals surface area contributed by atoms with Gasteiger partial charge in [-0.05, 0) is 35.1 Å². The van der Waals surface area contributed by atoms with E-state index in [2.05, 4.69) is 49.4 Å². The molecular formula is C26H40S. The Bertz CT molecular complexity index is 604. The number of unbranched alkanes of at least 4 members (excludes halogenated alkanes) is 13. The highest BCUT2D eigenvalue weighted by molar-refractivity contribution is 7.99. The van der Waals surface area contributed by atoms with Crippen molar-refractivity contribution in [3.63, 3.8) is 0 Å². The van der Waals surface area contributed by atoms with Crippen LogP contribution in [0.5, 0.6) is 0 Å². The van der Waals surface area contributed by atoms with Gasteiger partial charge in [0.1, 0.15) is 0 Å². The largest absolute Gasteiger partial charge is 0.126 e. The molecule has 0 unspecified atom stereocenters. The van der Waals surface area contributed by atoms with E-state index in [0.717, 1.165) is 0 Å². The average molecular weight is 385 g/mol. The molecule has 0 saturated heterocycles. The molecule has 0 N–H and O–H groups in total. The number of fused-ring (bicyclic) bond motifs is 1. The Hall–Kier alpha value is -0.950. The van der Waals surface area contributed by atoms with Crippen molar-refractivity contribution in [2.24, 2.45) is 0 Å². The molecule has 2 aromatic carbocycles. The van der Waals surface area contributed by atoms with Gasteiger partial charge in [-0.2, -0.15) is 0 Å². The first-order chi connectivity index (χ1) is 13.4. The van der Waals surface area contributed by atoms with Crippen molar-refractivity contribution in [3.05, 3.63) is 42.5 Å². The number of rotatable bonds is 16. The molecule has 0 aromatic heterocycles. The molecule has 0 radical (unpaired) electrons. The lowest BCUT2D eigenvalue weighted by Crippen LogP contribution is -1.85. The van der Waals surface area contributed by atoms with Gasteiger partial charge in [-0.1, -0.05) is 121 Å². The second kappa shape index (κ2) is 15.0. The van der Waals surface area contributed by atoms with Crippen LogP contribution in [0.2, 0.25) is 0 Å². The first-order valence-corrected chi connectivity index (χ1v) is 12.5. The van der Waals surface area contributed by atoms with E-state index in [1.807, 2.05) is 11.8 Å². The standard InChI is InChI=1S/C26H40S/c1-2-3-4-5-6-7-8-9-10-11-12-13-14-17-22-27-26-21-20-24-18-15-16-19-25(24)23-26/h15-16,18-21,23H,2-14,17,22H2,1H3. The second-order valence-electron chi connectivity index (χ2n) is 7.95. The molecular weight excluding hydrogens is 344 g/mol. The van der Waals surface area contributed by atoms with Crippen molar-refractivity contribution in [2.45, 2.75) is 102 Å². The maximum absolute atomic E-state index is 2.34. The Kier molecular flexibility index (Phi) is 12.4. The number of thioether (sulfide) groups is 1. The molecule has 0 saturated carbocycles. The molecule has 0 aliphatic rings. The van der Waals surface area contributed by atoms with E-state index in [4.69, 9.17) is 0 Å². The zero-order chi connectivity index (χ0) is 19.0. The predicted octanol–water partition coefficient (Wildman–Crippen LogP) is 9.41. The summed E-state index contributed by atoms with van der Waals surface area (Å²) in [6.45, 7) is 2.30. The van der Waals surface area contributed by atoms with Gasteiger partial charge in [0.25, 0.3) is 0 Å². The van der Waals surface area contributed by atoms with Crippen LogP contribution in [0.25, 0.3) is 10.8 Å². The molecule has 0 nitrogen and oxygen atoms in total. The summed E-state index contributed by atoms with van der Waals surface area (Å²) < 4.78 is 0. The van der Waals surface area contributed by atoms with Gasteiger partial charge < -0.3 is 0 Å². The Morgan fingerprint density at radius 1 is 0.556 bits per heavy atom. The molecule has 0 fully saturated rings. The molecule has 2 rings (SSSR count). The van der Waals surface area contributed by atoms with Gasteiger partial charge in [-0.25, -0.2) is 0 Å². The van der Waals surface area contributed by atoms with E-state index < -0.39 is 0 Å². The van der Waals surface area contributed by atoms with E-state index in [-0.39, 0.29) is 0 Å². The van der Waals surface area contributed by atoms with E-state index in [9.17, 15) is 0 Å². The molecule has 0 spiro atoms. The summed E-state index contributed by atoms with van der Waals surface area (Å²) in [6.07, 6.45) is 20.1. The van der Waals surface area contributed by atoms with Crippen molar-refractivity contribution >= 4 is 22.5 Å². The maximum Gasteiger partial charge on any atom is 0.00783 e. The summed E-state index contributed by atoms with van der Waals surface area (Å²) >= 11 is 2.02. The van der Waals surface area contributed by atoms with Crippen LogP contribution in [-0.2, 0) is 0 Å². The summed E-state index contributed by atoms with van der Waals surface area (Å²) in [7, 11) is 0. The van der Waals surface area contributed by atoms with Gasteiger partial charge in [-0.3, -0.25) is 0 Å². The first kappa shape index (κ1) is 22.3. The Labute approximate surface area is 172 Å². The zero-order valence-corrected chi connectivity index (χ0v) is 18.4. The SMILES string of the molecule is CCCCCCCCCCCCCCCCSc1ccc2ccccc2c1. The van der Waals surface area contributed by atoms with Gasteiger partial charge in [-0.15, -0.1) is 11.8 Å². The fourth-order valence-electron chi connectivity index (χ4n) is 3.74. The molecule has 1 heteroatoms.